The summed E-state index contributed by atoms with van der Waals surface area (Å²) in [6.07, 6.45) is 1.35. The number of anilines is 1. The zero-order valence-electron chi connectivity index (χ0n) is 16.5. The number of carboxylic acids is 1. The molecule has 0 aromatic heterocycles. The van der Waals surface area contributed by atoms with Crippen LogP contribution in [0.3, 0.4) is 0 Å². The van der Waals surface area contributed by atoms with Gasteiger partial charge in [-0.2, -0.15) is 5.26 Å². The highest BCUT2D eigenvalue weighted by molar-refractivity contribution is 6.32. The molecule has 8 heteroatoms. The van der Waals surface area contributed by atoms with Crippen molar-refractivity contribution in [2.24, 2.45) is 0 Å². The van der Waals surface area contributed by atoms with Crippen molar-refractivity contribution in [3.63, 3.8) is 0 Å². The lowest BCUT2D eigenvalue weighted by Gasteiger charge is -2.10. The van der Waals surface area contributed by atoms with Crippen molar-refractivity contribution in [3.8, 4) is 11.8 Å². The number of aromatic carboxylic acids is 1. The Hall–Kier alpha value is -3.79. The van der Waals surface area contributed by atoms with Crippen LogP contribution in [0.15, 0.2) is 72.3 Å². The number of carboxylic acid groups (broad SMARTS) is 1. The molecule has 160 valence electrons. The number of ether oxygens (including phenoxy) is 1. The molecule has 6 nitrogen and oxygen atoms in total. The molecule has 0 heterocycles. The van der Waals surface area contributed by atoms with Gasteiger partial charge in [0.15, 0.2) is 0 Å². The third kappa shape index (κ3) is 5.67. The van der Waals surface area contributed by atoms with E-state index in [1.54, 1.807) is 30.3 Å². The molecule has 1 amide bonds. The van der Waals surface area contributed by atoms with Crippen LogP contribution in [0.4, 0.5) is 5.69 Å². The van der Waals surface area contributed by atoms with Crippen molar-refractivity contribution in [1.29, 1.82) is 5.26 Å². The summed E-state index contributed by atoms with van der Waals surface area (Å²) in [6, 6.07) is 19.8. The number of halogens is 2. The van der Waals surface area contributed by atoms with Gasteiger partial charge in [0.1, 0.15) is 24.0 Å². The summed E-state index contributed by atoms with van der Waals surface area (Å²) in [5.41, 5.74) is 1.09. The summed E-state index contributed by atoms with van der Waals surface area (Å²) in [4.78, 5) is 23.8. The van der Waals surface area contributed by atoms with Crippen LogP contribution in [0.25, 0.3) is 6.08 Å². The molecule has 0 saturated heterocycles. The number of rotatable bonds is 7. The molecule has 0 radical (unpaired) electrons. The largest absolute Gasteiger partial charge is 0.487 e. The minimum atomic E-state index is -1.19. The van der Waals surface area contributed by atoms with Gasteiger partial charge in [0, 0.05) is 10.6 Å². The predicted octanol–water partition coefficient (Wildman–Crippen LogP) is 5.82. The predicted molar refractivity (Wildman–Crippen MR) is 123 cm³/mol. The Balaban J connectivity index is 1.75. The third-order valence-corrected chi connectivity index (χ3v) is 5.04. The summed E-state index contributed by atoms with van der Waals surface area (Å²) in [7, 11) is 0. The van der Waals surface area contributed by atoms with Crippen molar-refractivity contribution >= 4 is 46.8 Å². The Morgan fingerprint density at radius 2 is 1.75 bits per heavy atom. The minimum Gasteiger partial charge on any atom is -0.487 e. The van der Waals surface area contributed by atoms with Gasteiger partial charge in [-0.3, -0.25) is 4.79 Å². The Kier molecular flexibility index (Phi) is 7.50. The van der Waals surface area contributed by atoms with E-state index in [9.17, 15) is 20.0 Å². The fourth-order valence-corrected chi connectivity index (χ4v) is 3.21. The normalized spacial score (nSPS) is 10.8. The molecule has 0 spiro atoms. The van der Waals surface area contributed by atoms with Gasteiger partial charge >= 0.3 is 5.97 Å². The number of carbonyl (C=O) groups excluding carboxylic acids is 1. The molecule has 3 aromatic carbocycles. The monoisotopic (exact) mass is 466 g/mol. The van der Waals surface area contributed by atoms with E-state index in [2.05, 4.69) is 5.32 Å². The van der Waals surface area contributed by atoms with Gasteiger partial charge in [0.2, 0.25) is 0 Å². The number of benzene rings is 3. The molecule has 3 aromatic rings. The van der Waals surface area contributed by atoms with Crippen LogP contribution in [-0.2, 0) is 11.4 Å². The molecule has 0 fully saturated rings. The second-order valence-corrected chi connectivity index (χ2v) is 7.36. The van der Waals surface area contributed by atoms with Crippen LogP contribution >= 0.6 is 23.2 Å². The quantitative estimate of drug-likeness (QED) is 0.337. The average Bonchev–Trinajstić information content (AvgIpc) is 2.78. The van der Waals surface area contributed by atoms with E-state index >= 15 is 0 Å². The molecular formula is C24H16Cl2N2O4. The van der Waals surface area contributed by atoms with E-state index in [1.165, 1.54) is 24.3 Å². The van der Waals surface area contributed by atoms with E-state index in [0.717, 1.165) is 5.56 Å². The molecule has 0 aliphatic rings. The highest BCUT2D eigenvalue weighted by Gasteiger charge is 2.15. The lowest BCUT2D eigenvalue weighted by molar-refractivity contribution is -0.112. The lowest BCUT2D eigenvalue weighted by Crippen LogP contribution is -2.16. The Bertz CT molecular complexity index is 1250. The van der Waals surface area contributed by atoms with Crippen molar-refractivity contribution in [2.45, 2.75) is 6.61 Å². The highest BCUT2D eigenvalue weighted by Crippen LogP contribution is 2.28. The Morgan fingerprint density at radius 1 is 1.03 bits per heavy atom. The molecule has 2 N–H and O–H groups in total. The van der Waals surface area contributed by atoms with Crippen LogP contribution in [0.2, 0.25) is 10.0 Å². The van der Waals surface area contributed by atoms with Gasteiger partial charge in [0.25, 0.3) is 5.91 Å². The fourth-order valence-electron chi connectivity index (χ4n) is 2.78. The molecule has 0 saturated carbocycles. The van der Waals surface area contributed by atoms with Gasteiger partial charge < -0.3 is 15.2 Å². The minimum absolute atomic E-state index is 0.0822. The third-order valence-electron chi connectivity index (χ3n) is 4.38. The van der Waals surface area contributed by atoms with Crippen LogP contribution < -0.4 is 10.1 Å². The first-order valence-electron chi connectivity index (χ1n) is 9.30. The van der Waals surface area contributed by atoms with Gasteiger partial charge in [-0.15, -0.1) is 0 Å². The van der Waals surface area contributed by atoms with Crippen molar-refractivity contribution in [1.82, 2.24) is 0 Å². The van der Waals surface area contributed by atoms with Gasteiger partial charge in [-0.1, -0.05) is 59.6 Å². The first kappa shape index (κ1) is 22.9. The van der Waals surface area contributed by atoms with E-state index in [4.69, 9.17) is 27.9 Å². The molecule has 3 rings (SSSR count). The zero-order chi connectivity index (χ0) is 23.1. The van der Waals surface area contributed by atoms with Gasteiger partial charge in [0.05, 0.1) is 16.3 Å². The summed E-state index contributed by atoms with van der Waals surface area (Å²) in [6.45, 7) is 0.226. The number of nitriles is 1. The number of para-hydroxylation sites is 1. The lowest BCUT2D eigenvalue weighted by atomic mass is 10.1. The number of carbonyl (C=O) groups is 2. The number of nitrogens with one attached hydrogen (secondary N) is 1. The number of amides is 1. The van der Waals surface area contributed by atoms with Crippen LogP contribution in [0, 0.1) is 11.3 Å². The van der Waals surface area contributed by atoms with E-state index in [-0.39, 0.29) is 23.4 Å². The second kappa shape index (κ2) is 10.5. The van der Waals surface area contributed by atoms with Gasteiger partial charge in [-0.25, -0.2) is 4.79 Å². The van der Waals surface area contributed by atoms with Crippen molar-refractivity contribution in [3.05, 3.63) is 99.0 Å². The Labute approximate surface area is 194 Å². The van der Waals surface area contributed by atoms with E-state index in [1.807, 2.05) is 24.3 Å². The fraction of sp³-hybridized carbons (Fsp3) is 0.0417. The van der Waals surface area contributed by atoms with E-state index in [0.29, 0.717) is 21.4 Å². The molecule has 0 atom stereocenters. The molecule has 0 aliphatic carbocycles. The number of nitrogens with zero attached hydrogens (tertiary/aromatic N) is 1. The maximum absolute atomic E-state index is 12.5. The zero-order valence-corrected chi connectivity index (χ0v) is 18.0. The topological polar surface area (TPSA) is 99.4 Å². The molecule has 0 bridgehead atoms. The first-order valence-corrected chi connectivity index (χ1v) is 10.1. The smallest absolute Gasteiger partial charge is 0.337 e. The average molecular weight is 467 g/mol. The Morgan fingerprint density at radius 3 is 2.44 bits per heavy atom. The van der Waals surface area contributed by atoms with Crippen LogP contribution in [0.5, 0.6) is 5.75 Å². The van der Waals surface area contributed by atoms with Crippen LogP contribution in [0.1, 0.15) is 21.5 Å². The standard InChI is InChI=1S/C24H16Cl2N2O4/c25-19-7-3-1-5-16(19)14-32-22-10-9-15(12-20(22)26)11-17(13-27)23(29)28-21-8-4-2-6-18(21)24(30)31/h1-12H,14H2,(H,28,29)(H,30,31)/b17-11+. The number of hydrogen-bond donors (Lipinski definition) is 2. The van der Waals surface area contributed by atoms with E-state index < -0.39 is 11.9 Å². The molecule has 0 unspecified atom stereocenters. The highest BCUT2D eigenvalue weighted by atomic mass is 35.5. The van der Waals surface area contributed by atoms with Crippen molar-refractivity contribution in [2.75, 3.05) is 5.32 Å². The summed E-state index contributed by atoms with van der Waals surface area (Å²) >= 11 is 12.4. The maximum Gasteiger partial charge on any atom is 0.337 e. The second-order valence-electron chi connectivity index (χ2n) is 6.54. The molecular weight excluding hydrogens is 451 g/mol. The molecule has 0 aliphatic heterocycles. The summed E-state index contributed by atoms with van der Waals surface area (Å²) in [5.74, 6) is -1.51. The summed E-state index contributed by atoms with van der Waals surface area (Å²) in [5, 5.41) is 22.0. The van der Waals surface area contributed by atoms with Crippen molar-refractivity contribution < 1.29 is 19.4 Å². The SMILES string of the molecule is N#C/C(=C\c1ccc(OCc2ccccc2Cl)c(Cl)c1)C(=O)Nc1ccccc1C(=O)O. The number of hydrogen-bond acceptors (Lipinski definition) is 4. The van der Waals surface area contributed by atoms with Crippen LogP contribution in [-0.4, -0.2) is 17.0 Å². The maximum atomic E-state index is 12.5. The summed E-state index contributed by atoms with van der Waals surface area (Å²) < 4.78 is 5.72. The molecule has 32 heavy (non-hydrogen) atoms. The van der Waals surface area contributed by atoms with Gasteiger partial charge in [-0.05, 0) is 42.0 Å². The first-order chi connectivity index (χ1) is 15.4.